The summed E-state index contributed by atoms with van der Waals surface area (Å²) in [5.74, 6) is 0.894. The highest BCUT2D eigenvalue weighted by atomic mass is 16.5. The van der Waals surface area contributed by atoms with Crippen molar-refractivity contribution in [2.45, 2.75) is 59.2 Å². The minimum atomic E-state index is -1.04. The molecule has 5 nitrogen and oxygen atoms in total. The number of ether oxygens (including phenoxy) is 1. The predicted molar refractivity (Wildman–Crippen MR) is 102 cm³/mol. The van der Waals surface area contributed by atoms with E-state index in [-0.39, 0.29) is 17.9 Å². The average Bonchev–Trinajstić information content (AvgIpc) is 2.55. The fraction of sp³-hybridized carbons (Fsp3) is 0.650. The summed E-state index contributed by atoms with van der Waals surface area (Å²) in [6.07, 6.45) is 0. The van der Waals surface area contributed by atoms with Crippen LogP contribution in [0.2, 0.25) is 0 Å². The van der Waals surface area contributed by atoms with Crippen molar-refractivity contribution in [1.29, 1.82) is 0 Å². The Morgan fingerprint density at radius 3 is 2.32 bits per heavy atom. The molecule has 0 bridgehead atoms. The summed E-state index contributed by atoms with van der Waals surface area (Å²) in [6, 6.07) is 6.83. The van der Waals surface area contributed by atoms with Crippen LogP contribution >= 0.6 is 0 Å². The fourth-order valence-corrected chi connectivity index (χ4v) is 2.99. The Hall–Kier alpha value is -1.59. The van der Waals surface area contributed by atoms with Crippen LogP contribution in [0.4, 0.5) is 0 Å². The van der Waals surface area contributed by atoms with Gasteiger partial charge in [0, 0.05) is 13.1 Å². The van der Waals surface area contributed by atoms with Gasteiger partial charge in [-0.25, -0.2) is 0 Å². The minimum absolute atomic E-state index is 0.0668. The van der Waals surface area contributed by atoms with Crippen LogP contribution in [0.15, 0.2) is 24.3 Å². The maximum Gasteiger partial charge on any atom is 0.239 e. The van der Waals surface area contributed by atoms with Crippen molar-refractivity contribution in [3.05, 3.63) is 29.8 Å². The second-order valence-electron chi connectivity index (χ2n) is 7.26. The zero-order valence-electron chi connectivity index (χ0n) is 16.7. The van der Waals surface area contributed by atoms with Crippen LogP contribution in [0.5, 0.6) is 5.75 Å². The molecule has 0 aliphatic carbocycles. The van der Waals surface area contributed by atoms with E-state index in [1.165, 1.54) is 0 Å². The summed E-state index contributed by atoms with van der Waals surface area (Å²) in [6.45, 7) is 12.9. The smallest absolute Gasteiger partial charge is 0.239 e. The number of methoxy groups -OCH3 is 1. The maximum atomic E-state index is 12.9. The molecule has 0 aliphatic heterocycles. The first-order chi connectivity index (χ1) is 11.6. The molecule has 5 heteroatoms. The van der Waals surface area contributed by atoms with E-state index in [1.54, 1.807) is 21.0 Å². The number of carbonyl (C=O) groups is 1. The van der Waals surface area contributed by atoms with Gasteiger partial charge in [-0.2, -0.15) is 0 Å². The van der Waals surface area contributed by atoms with Gasteiger partial charge < -0.3 is 14.7 Å². The first-order valence-corrected chi connectivity index (χ1v) is 9.06. The number of amides is 1. The van der Waals surface area contributed by atoms with Crippen LogP contribution in [-0.2, 0) is 4.79 Å². The first kappa shape index (κ1) is 21.5. The monoisotopic (exact) mass is 350 g/mol. The van der Waals surface area contributed by atoms with Crippen molar-refractivity contribution >= 4 is 5.91 Å². The molecular weight excluding hydrogens is 316 g/mol. The first-order valence-electron chi connectivity index (χ1n) is 9.06. The second kappa shape index (κ2) is 9.20. The van der Waals surface area contributed by atoms with Gasteiger partial charge in [0.1, 0.15) is 5.75 Å². The van der Waals surface area contributed by atoms with E-state index in [9.17, 15) is 9.90 Å². The molecule has 1 rings (SSSR count). The molecule has 1 aromatic carbocycles. The molecule has 25 heavy (non-hydrogen) atoms. The molecule has 142 valence electrons. The Morgan fingerprint density at radius 1 is 1.28 bits per heavy atom. The van der Waals surface area contributed by atoms with Gasteiger partial charge >= 0.3 is 0 Å². The van der Waals surface area contributed by atoms with E-state index in [0.29, 0.717) is 13.1 Å². The molecule has 0 radical (unpaired) electrons. The molecule has 2 N–H and O–H groups in total. The van der Waals surface area contributed by atoms with Gasteiger partial charge in [0.25, 0.3) is 0 Å². The van der Waals surface area contributed by atoms with Gasteiger partial charge in [-0.05, 0) is 51.3 Å². The van der Waals surface area contributed by atoms with Crippen LogP contribution in [0.1, 0.15) is 53.1 Å². The van der Waals surface area contributed by atoms with Crippen LogP contribution in [-0.4, -0.2) is 47.8 Å². The molecule has 0 saturated heterocycles. The molecule has 0 unspecified atom stereocenters. The summed E-state index contributed by atoms with van der Waals surface area (Å²) in [7, 11) is 1.62. The Balaban J connectivity index is 3.20. The molecule has 1 amide bonds. The lowest BCUT2D eigenvalue weighted by Crippen LogP contribution is -2.53. The lowest BCUT2D eigenvalue weighted by atomic mass is 9.89. The van der Waals surface area contributed by atoms with Crippen LogP contribution in [0.25, 0.3) is 0 Å². The number of rotatable bonds is 9. The fourth-order valence-electron chi connectivity index (χ4n) is 2.99. The van der Waals surface area contributed by atoms with Gasteiger partial charge in [0.2, 0.25) is 5.91 Å². The highest BCUT2D eigenvalue weighted by Gasteiger charge is 2.35. The second-order valence-corrected chi connectivity index (χ2v) is 7.26. The minimum Gasteiger partial charge on any atom is -0.497 e. The third-order valence-electron chi connectivity index (χ3n) is 4.49. The van der Waals surface area contributed by atoms with Crippen molar-refractivity contribution in [3.8, 4) is 5.75 Å². The number of hydrogen-bond donors (Lipinski definition) is 2. The number of aliphatic hydroxyl groups is 1. The number of nitrogens with zero attached hydrogens (tertiary/aromatic N) is 1. The molecular formula is C20H34N2O3. The molecule has 0 saturated carbocycles. The van der Waals surface area contributed by atoms with Crippen LogP contribution in [0, 0.1) is 5.92 Å². The number of likely N-dealkylation sites (N-methyl/N-ethyl adjacent to an activating group) is 1. The summed E-state index contributed by atoms with van der Waals surface area (Å²) in [4.78, 5) is 14.7. The number of benzene rings is 1. The van der Waals surface area contributed by atoms with E-state index < -0.39 is 11.6 Å². The Kier molecular flexibility index (Phi) is 7.90. The number of hydrogen-bond acceptors (Lipinski definition) is 4. The van der Waals surface area contributed by atoms with Crippen molar-refractivity contribution in [1.82, 2.24) is 10.2 Å². The van der Waals surface area contributed by atoms with E-state index in [1.807, 2.05) is 56.9 Å². The zero-order chi connectivity index (χ0) is 19.2. The molecule has 0 spiro atoms. The third-order valence-corrected chi connectivity index (χ3v) is 4.49. The topological polar surface area (TPSA) is 61.8 Å². The Bertz CT molecular complexity index is 548. The van der Waals surface area contributed by atoms with Crippen LogP contribution in [0.3, 0.4) is 0 Å². The van der Waals surface area contributed by atoms with Gasteiger partial charge in [0.15, 0.2) is 0 Å². The lowest BCUT2D eigenvalue weighted by Gasteiger charge is -2.37. The maximum absolute atomic E-state index is 12.9. The molecule has 2 atom stereocenters. The van der Waals surface area contributed by atoms with Crippen LogP contribution < -0.4 is 10.1 Å². The van der Waals surface area contributed by atoms with Gasteiger partial charge in [-0.1, -0.05) is 26.0 Å². The van der Waals surface area contributed by atoms with Gasteiger partial charge in [-0.15, -0.1) is 0 Å². The van der Waals surface area contributed by atoms with E-state index in [0.717, 1.165) is 11.3 Å². The lowest BCUT2D eigenvalue weighted by molar-refractivity contribution is -0.135. The summed E-state index contributed by atoms with van der Waals surface area (Å²) < 4.78 is 5.31. The number of carbonyl (C=O) groups excluding carboxylic acids is 1. The number of nitrogens with one attached hydrogen (secondary N) is 1. The van der Waals surface area contributed by atoms with E-state index >= 15 is 0 Å². The predicted octanol–water partition coefficient (Wildman–Crippen LogP) is 2.99. The SMILES string of the molecule is CCN(CC)C(=O)[C@@H](N[C@H](c1cccc(OC)c1)C(C)(C)O)C(C)C. The van der Waals surface area contributed by atoms with Crippen molar-refractivity contribution in [3.63, 3.8) is 0 Å². The molecule has 1 aromatic rings. The summed E-state index contributed by atoms with van der Waals surface area (Å²) >= 11 is 0. The molecule has 0 heterocycles. The largest absolute Gasteiger partial charge is 0.497 e. The molecule has 0 aliphatic rings. The quantitative estimate of drug-likeness (QED) is 0.719. The zero-order valence-corrected chi connectivity index (χ0v) is 16.7. The van der Waals surface area contributed by atoms with Gasteiger partial charge in [0.05, 0.1) is 24.8 Å². The van der Waals surface area contributed by atoms with Gasteiger partial charge in [-0.3, -0.25) is 10.1 Å². The molecule has 0 fully saturated rings. The summed E-state index contributed by atoms with van der Waals surface area (Å²) in [5, 5.41) is 14.1. The normalized spacial score (nSPS) is 14.3. The Labute approximate surface area is 152 Å². The standard InChI is InChI=1S/C20H34N2O3/c1-8-22(9-2)19(23)17(14(3)4)21-18(20(5,6)24)15-11-10-12-16(13-15)25-7/h10-14,17-18,21,24H,8-9H2,1-7H3/t17-,18+/m0/s1. The van der Waals surface area contributed by atoms with Crippen molar-refractivity contribution in [2.24, 2.45) is 5.92 Å². The van der Waals surface area contributed by atoms with Crippen molar-refractivity contribution < 1.29 is 14.6 Å². The van der Waals surface area contributed by atoms with Crippen molar-refractivity contribution in [2.75, 3.05) is 20.2 Å². The molecule has 0 aromatic heterocycles. The van der Waals surface area contributed by atoms with E-state index in [2.05, 4.69) is 5.32 Å². The third kappa shape index (κ3) is 5.72. The summed E-state index contributed by atoms with van der Waals surface area (Å²) in [5.41, 5.74) is -0.145. The highest BCUT2D eigenvalue weighted by molar-refractivity contribution is 5.82. The average molecular weight is 351 g/mol. The Morgan fingerprint density at radius 2 is 1.88 bits per heavy atom. The van der Waals surface area contributed by atoms with E-state index in [4.69, 9.17) is 4.74 Å². The highest BCUT2D eigenvalue weighted by Crippen LogP contribution is 2.29.